The van der Waals surface area contributed by atoms with E-state index in [-0.39, 0.29) is 40.4 Å². The molecule has 0 saturated carbocycles. The summed E-state index contributed by atoms with van der Waals surface area (Å²) < 4.78 is 5.50. The Balaban J connectivity index is 1.40. The van der Waals surface area contributed by atoms with Crippen LogP contribution < -0.4 is 10.1 Å². The van der Waals surface area contributed by atoms with Crippen molar-refractivity contribution < 1.29 is 24.0 Å². The fraction of sp³-hybridized carbons (Fsp3) is 0.0800. The number of imide groups is 1. The van der Waals surface area contributed by atoms with Crippen LogP contribution in [0.25, 0.3) is 6.08 Å². The van der Waals surface area contributed by atoms with Gasteiger partial charge in [-0.15, -0.1) is 0 Å². The lowest BCUT2D eigenvalue weighted by atomic mass is 10.1. The highest BCUT2D eigenvalue weighted by Crippen LogP contribution is 2.35. The number of halogens is 1. The number of thioether (sulfide) groups is 1. The number of nitrogens with one attached hydrogen (secondary N) is 1. The minimum Gasteiger partial charge on any atom is -0.482 e. The molecule has 0 spiro atoms. The van der Waals surface area contributed by atoms with Crippen molar-refractivity contribution >= 4 is 57.9 Å². The zero-order valence-corrected chi connectivity index (χ0v) is 20.1. The molecule has 0 aromatic heterocycles. The summed E-state index contributed by atoms with van der Waals surface area (Å²) in [5.74, 6) is -0.569. The first-order valence-corrected chi connectivity index (χ1v) is 11.8. The minimum absolute atomic E-state index is 0.0811. The number of non-ortho nitro benzene ring substituents is 1. The first kappa shape index (κ1) is 25.0. The largest absolute Gasteiger partial charge is 0.482 e. The van der Waals surface area contributed by atoms with Gasteiger partial charge < -0.3 is 10.1 Å². The SMILES string of the molecule is O=C(COc1ccc(/C=C2\SC(=O)N(Cc3cccc([N+](=O)[O-])c3)C2=O)cc1Cl)Nc1ccccc1. The molecule has 0 atom stereocenters. The van der Waals surface area contributed by atoms with Crippen molar-refractivity contribution in [1.29, 1.82) is 0 Å². The number of anilines is 1. The van der Waals surface area contributed by atoms with Crippen LogP contribution in [0.3, 0.4) is 0 Å². The van der Waals surface area contributed by atoms with E-state index in [1.165, 1.54) is 24.3 Å². The average Bonchev–Trinajstić information content (AvgIpc) is 3.11. The second kappa shape index (κ2) is 11.1. The third-order valence-electron chi connectivity index (χ3n) is 5.01. The molecule has 9 nitrogen and oxygen atoms in total. The number of hydrogen-bond acceptors (Lipinski definition) is 7. The minimum atomic E-state index is -0.538. The Hall–Kier alpha value is -4.15. The molecule has 0 aliphatic carbocycles. The Morgan fingerprint density at radius 1 is 1.08 bits per heavy atom. The average molecular weight is 524 g/mol. The monoisotopic (exact) mass is 523 g/mol. The number of nitrogens with zero attached hydrogens (tertiary/aromatic N) is 2. The molecule has 1 fully saturated rings. The van der Waals surface area contributed by atoms with Gasteiger partial charge in [-0.2, -0.15) is 0 Å². The Morgan fingerprint density at radius 3 is 2.58 bits per heavy atom. The van der Waals surface area contributed by atoms with E-state index in [0.29, 0.717) is 16.8 Å². The molecule has 11 heteroatoms. The van der Waals surface area contributed by atoms with Gasteiger partial charge in [-0.05, 0) is 53.2 Å². The summed E-state index contributed by atoms with van der Waals surface area (Å²) in [5.41, 5.74) is 1.55. The van der Waals surface area contributed by atoms with Gasteiger partial charge in [0.25, 0.3) is 22.7 Å². The van der Waals surface area contributed by atoms with Crippen molar-refractivity contribution in [2.24, 2.45) is 0 Å². The summed E-state index contributed by atoms with van der Waals surface area (Å²) in [6.07, 6.45) is 1.52. The molecule has 0 bridgehead atoms. The standard InChI is InChI=1S/C25H18ClN3O6S/c26-20-12-16(9-10-21(20)35-15-23(30)27-18-6-2-1-3-7-18)13-22-24(31)28(25(32)36-22)14-17-5-4-8-19(11-17)29(33)34/h1-13H,14-15H2,(H,27,30)/b22-13-. The van der Waals surface area contributed by atoms with Gasteiger partial charge in [0.1, 0.15) is 5.75 Å². The van der Waals surface area contributed by atoms with Crippen LogP contribution in [0.2, 0.25) is 5.02 Å². The number of benzene rings is 3. The quantitative estimate of drug-likeness (QED) is 0.235. The van der Waals surface area contributed by atoms with Gasteiger partial charge in [-0.3, -0.25) is 29.4 Å². The van der Waals surface area contributed by atoms with Gasteiger partial charge in [0.2, 0.25) is 0 Å². The number of para-hydroxylation sites is 1. The van der Waals surface area contributed by atoms with Crippen molar-refractivity contribution in [3.63, 3.8) is 0 Å². The Morgan fingerprint density at radius 2 is 1.86 bits per heavy atom. The predicted molar refractivity (Wildman–Crippen MR) is 137 cm³/mol. The van der Waals surface area contributed by atoms with Gasteiger partial charge in [0.05, 0.1) is 21.4 Å². The number of nitro groups is 1. The summed E-state index contributed by atoms with van der Waals surface area (Å²) >= 11 is 7.06. The van der Waals surface area contributed by atoms with Crippen molar-refractivity contribution in [3.05, 3.63) is 104 Å². The summed E-state index contributed by atoms with van der Waals surface area (Å²) in [7, 11) is 0. The smallest absolute Gasteiger partial charge is 0.293 e. The van der Waals surface area contributed by atoms with Crippen LogP contribution in [0.4, 0.5) is 16.2 Å². The fourth-order valence-electron chi connectivity index (χ4n) is 3.32. The molecule has 0 unspecified atom stereocenters. The van der Waals surface area contributed by atoms with E-state index in [4.69, 9.17) is 16.3 Å². The second-order valence-electron chi connectivity index (χ2n) is 7.59. The van der Waals surface area contributed by atoms with E-state index in [2.05, 4.69) is 5.32 Å². The molecular weight excluding hydrogens is 506 g/mol. The molecule has 1 heterocycles. The molecular formula is C25H18ClN3O6S. The van der Waals surface area contributed by atoms with E-state index >= 15 is 0 Å². The number of amides is 3. The van der Waals surface area contributed by atoms with Gasteiger partial charge in [-0.25, -0.2) is 0 Å². The Kier molecular flexibility index (Phi) is 7.67. The number of rotatable bonds is 8. The molecule has 1 aliphatic rings. The number of hydrogen-bond donors (Lipinski definition) is 1. The van der Waals surface area contributed by atoms with Crippen LogP contribution in [0, 0.1) is 10.1 Å². The van der Waals surface area contributed by atoms with Crippen LogP contribution in [0.1, 0.15) is 11.1 Å². The van der Waals surface area contributed by atoms with Crippen molar-refractivity contribution in [1.82, 2.24) is 4.90 Å². The van der Waals surface area contributed by atoms with Gasteiger partial charge >= 0.3 is 0 Å². The summed E-state index contributed by atoms with van der Waals surface area (Å²) in [5, 5.41) is 13.4. The summed E-state index contributed by atoms with van der Waals surface area (Å²) in [6.45, 7) is -0.327. The Labute approximate surface area is 214 Å². The zero-order chi connectivity index (χ0) is 25.7. The van der Waals surface area contributed by atoms with Crippen molar-refractivity contribution in [2.75, 3.05) is 11.9 Å². The highest BCUT2D eigenvalue weighted by Gasteiger charge is 2.35. The van der Waals surface area contributed by atoms with Crippen molar-refractivity contribution in [2.45, 2.75) is 6.54 Å². The lowest BCUT2D eigenvalue weighted by Gasteiger charge is -2.12. The highest BCUT2D eigenvalue weighted by molar-refractivity contribution is 8.18. The number of ether oxygens (including phenoxy) is 1. The normalized spacial score (nSPS) is 14.2. The number of nitro benzene ring substituents is 1. The summed E-state index contributed by atoms with van der Waals surface area (Å²) in [6, 6.07) is 19.5. The van der Waals surface area contributed by atoms with Gasteiger partial charge in [0.15, 0.2) is 6.61 Å². The van der Waals surface area contributed by atoms with E-state index in [9.17, 15) is 24.5 Å². The highest BCUT2D eigenvalue weighted by atomic mass is 35.5. The molecule has 1 saturated heterocycles. The molecule has 4 rings (SSSR count). The van der Waals surface area contributed by atoms with E-state index < -0.39 is 16.1 Å². The fourth-order valence-corrected chi connectivity index (χ4v) is 4.41. The van der Waals surface area contributed by atoms with Crippen molar-refractivity contribution in [3.8, 4) is 5.75 Å². The van der Waals surface area contributed by atoms with Crippen LogP contribution in [-0.2, 0) is 16.1 Å². The predicted octanol–water partition coefficient (Wildman–Crippen LogP) is 5.50. The molecule has 1 aliphatic heterocycles. The molecule has 3 amide bonds. The number of carbonyl (C=O) groups excluding carboxylic acids is 3. The van der Waals surface area contributed by atoms with Crippen LogP contribution in [0.5, 0.6) is 5.75 Å². The third kappa shape index (κ3) is 6.09. The summed E-state index contributed by atoms with van der Waals surface area (Å²) in [4.78, 5) is 49.0. The van der Waals surface area contributed by atoms with Crippen LogP contribution in [0.15, 0.2) is 77.7 Å². The molecule has 0 radical (unpaired) electrons. The topological polar surface area (TPSA) is 119 Å². The molecule has 36 heavy (non-hydrogen) atoms. The Bertz CT molecular complexity index is 1380. The molecule has 3 aromatic rings. The third-order valence-corrected chi connectivity index (χ3v) is 6.21. The van der Waals surface area contributed by atoms with E-state index in [0.717, 1.165) is 16.7 Å². The first-order valence-electron chi connectivity index (χ1n) is 10.6. The maximum atomic E-state index is 12.8. The second-order valence-corrected chi connectivity index (χ2v) is 8.99. The van der Waals surface area contributed by atoms with Crippen LogP contribution >= 0.6 is 23.4 Å². The molecule has 182 valence electrons. The maximum absolute atomic E-state index is 12.8. The molecule has 3 aromatic carbocycles. The molecule has 1 N–H and O–H groups in total. The zero-order valence-electron chi connectivity index (χ0n) is 18.5. The van der Waals surface area contributed by atoms with Gasteiger partial charge in [0, 0.05) is 17.8 Å². The lowest BCUT2D eigenvalue weighted by Crippen LogP contribution is -2.27. The van der Waals surface area contributed by atoms with E-state index in [1.54, 1.807) is 48.5 Å². The van der Waals surface area contributed by atoms with Crippen LogP contribution in [-0.4, -0.2) is 33.5 Å². The first-order chi connectivity index (χ1) is 17.3. The van der Waals surface area contributed by atoms with E-state index in [1.807, 2.05) is 6.07 Å². The maximum Gasteiger partial charge on any atom is 0.293 e. The van der Waals surface area contributed by atoms with Gasteiger partial charge in [-0.1, -0.05) is 48.0 Å². The number of carbonyl (C=O) groups is 3. The lowest BCUT2D eigenvalue weighted by molar-refractivity contribution is -0.384.